The van der Waals surface area contributed by atoms with E-state index in [4.69, 9.17) is 20.6 Å². The number of amides is 1. The van der Waals surface area contributed by atoms with Crippen molar-refractivity contribution in [2.24, 2.45) is 0 Å². The van der Waals surface area contributed by atoms with Crippen LogP contribution in [0.4, 0.5) is 5.69 Å². The second-order valence-corrected chi connectivity index (χ2v) is 11.9. The molecule has 0 radical (unpaired) electrons. The highest BCUT2D eigenvalue weighted by atomic mass is 35.5. The van der Waals surface area contributed by atoms with Crippen molar-refractivity contribution in [3.05, 3.63) is 76.7 Å². The molecule has 0 fully saturated rings. The molecule has 1 unspecified atom stereocenters. The molecule has 1 heterocycles. The molecule has 1 atom stereocenters. The summed E-state index contributed by atoms with van der Waals surface area (Å²) in [7, 11) is -8.01. The molecular weight excluding hydrogens is 497 g/mol. The molecule has 3 aromatic rings. The van der Waals surface area contributed by atoms with Gasteiger partial charge in [0.2, 0.25) is 15.7 Å². The van der Waals surface area contributed by atoms with Crippen LogP contribution in [0.25, 0.3) is 16.3 Å². The molecule has 0 aliphatic carbocycles. The molecule has 10 heteroatoms. The Morgan fingerprint density at radius 2 is 1.68 bits per heavy atom. The van der Waals surface area contributed by atoms with Crippen LogP contribution in [0.15, 0.2) is 71.0 Å². The van der Waals surface area contributed by atoms with Gasteiger partial charge in [-0.15, -0.1) is 0 Å². The van der Waals surface area contributed by atoms with Crippen molar-refractivity contribution < 1.29 is 26.8 Å². The molecular formula is C24H23ClNO6PS. The predicted octanol–water partition coefficient (Wildman–Crippen LogP) is 5.89. The van der Waals surface area contributed by atoms with E-state index in [1.54, 1.807) is 26.0 Å². The zero-order valence-electron chi connectivity index (χ0n) is 18.5. The molecule has 0 saturated heterocycles. The number of nitrogens with one attached hydrogen (secondary N) is 1. The zero-order chi connectivity index (χ0) is 24.5. The molecule has 1 aliphatic rings. The van der Waals surface area contributed by atoms with Gasteiger partial charge in [-0.25, -0.2) is 8.42 Å². The molecule has 178 valence electrons. The standard InChI is InChI=1S/C24H23ClNO6PS/c1-3-31-33(28,32-4-2)23(21-15-34(29,30)22-12-10-18(25)14-20(21)22)24(27)26-19-11-9-16-7-5-6-8-17(16)13-19/h5-15,23H,3-4H2,1-2H3,(H,26,27). The van der Waals surface area contributed by atoms with E-state index in [0.717, 1.165) is 16.2 Å². The lowest BCUT2D eigenvalue weighted by Gasteiger charge is -2.27. The summed E-state index contributed by atoms with van der Waals surface area (Å²) in [5.41, 5.74) is -0.860. The molecule has 0 aromatic heterocycles. The fourth-order valence-electron chi connectivity index (χ4n) is 3.96. The summed E-state index contributed by atoms with van der Waals surface area (Å²) < 4.78 is 50.5. The van der Waals surface area contributed by atoms with Gasteiger partial charge in [-0.1, -0.05) is 41.9 Å². The maximum Gasteiger partial charge on any atom is 0.347 e. The highest BCUT2D eigenvalue weighted by molar-refractivity contribution is 7.95. The summed E-state index contributed by atoms with van der Waals surface area (Å²) in [6.45, 7) is 3.24. The maximum atomic E-state index is 13.9. The van der Waals surface area contributed by atoms with Gasteiger partial charge in [0, 0.05) is 21.7 Å². The normalized spacial score (nSPS) is 15.6. The minimum absolute atomic E-state index is 0.000530. The number of benzene rings is 3. The van der Waals surface area contributed by atoms with Crippen LogP contribution < -0.4 is 5.32 Å². The van der Waals surface area contributed by atoms with Gasteiger partial charge in [0.1, 0.15) is 0 Å². The lowest BCUT2D eigenvalue weighted by atomic mass is 10.0. The fraction of sp³-hybridized carbons (Fsp3) is 0.208. The van der Waals surface area contributed by atoms with E-state index in [9.17, 15) is 17.8 Å². The zero-order valence-corrected chi connectivity index (χ0v) is 21.0. The van der Waals surface area contributed by atoms with Crippen LogP contribution in [-0.2, 0) is 28.2 Å². The summed E-state index contributed by atoms with van der Waals surface area (Å²) in [6.07, 6.45) is 0. The smallest absolute Gasteiger partial charge is 0.325 e. The van der Waals surface area contributed by atoms with Crippen molar-refractivity contribution in [2.45, 2.75) is 24.4 Å². The van der Waals surface area contributed by atoms with Gasteiger partial charge in [0.15, 0.2) is 5.66 Å². The van der Waals surface area contributed by atoms with Crippen molar-refractivity contribution >= 4 is 57.0 Å². The van der Waals surface area contributed by atoms with E-state index in [0.29, 0.717) is 5.69 Å². The average molecular weight is 520 g/mol. The number of carbonyl (C=O) groups excluding carboxylic acids is 1. The van der Waals surface area contributed by atoms with Gasteiger partial charge in [0.25, 0.3) is 0 Å². The van der Waals surface area contributed by atoms with E-state index in [2.05, 4.69) is 5.32 Å². The maximum absolute atomic E-state index is 13.9. The van der Waals surface area contributed by atoms with Crippen LogP contribution >= 0.6 is 19.2 Å². The number of anilines is 1. The van der Waals surface area contributed by atoms with E-state index in [1.807, 2.05) is 30.3 Å². The molecule has 1 amide bonds. The summed E-state index contributed by atoms with van der Waals surface area (Å²) in [5.74, 6) is -0.713. The average Bonchev–Trinajstić information content (AvgIpc) is 3.03. The van der Waals surface area contributed by atoms with Gasteiger partial charge in [0.05, 0.1) is 18.1 Å². The number of hydrogen-bond donors (Lipinski definition) is 1. The quantitative estimate of drug-likeness (QED) is 0.372. The first kappa shape index (κ1) is 24.6. The van der Waals surface area contributed by atoms with E-state index < -0.39 is 29.0 Å². The molecule has 1 N–H and O–H groups in total. The van der Waals surface area contributed by atoms with Crippen LogP contribution in [0.2, 0.25) is 5.02 Å². The predicted molar refractivity (Wildman–Crippen MR) is 134 cm³/mol. The Morgan fingerprint density at radius 3 is 2.35 bits per heavy atom. The third kappa shape index (κ3) is 4.69. The summed E-state index contributed by atoms with van der Waals surface area (Å²) in [6, 6.07) is 17.2. The van der Waals surface area contributed by atoms with Gasteiger partial charge >= 0.3 is 7.60 Å². The Hall–Kier alpha value is -2.48. The monoisotopic (exact) mass is 519 g/mol. The number of hydrogen-bond acceptors (Lipinski definition) is 6. The van der Waals surface area contributed by atoms with E-state index >= 15 is 0 Å². The number of sulfone groups is 1. The Kier molecular flexibility index (Phi) is 6.99. The lowest BCUT2D eigenvalue weighted by Crippen LogP contribution is -2.30. The third-order valence-electron chi connectivity index (χ3n) is 5.34. The van der Waals surface area contributed by atoms with Gasteiger partial charge < -0.3 is 14.4 Å². The van der Waals surface area contributed by atoms with Crippen LogP contribution in [0.3, 0.4) is 0 Å². The van der Waals surface area contributed by atoms with Crippen molar-refractivity contribution in [3.8, 4) is 0 Å². The summed E-state index contributed by atoms with van der Waals surface area (Å²) >= 11 is 6.13. The van der Waals surface area contributed by atoms with Crippen LogP contribution in [0.5, 0.6) is 0 Å². The second-order valence-electron chi connectivity index (χ2n) is 7.59. The highest BCUT2D eigenvalue weighted by Crippen LogP contribution is 2.59. The number of halogens is 1. The minimum Gasteiger partial charge on any atom is -0.325 e. The summed E-state index contributed by atoms with van der Waals surface area (Å²) in [5, 5.41) is 5.87. The lowest BCUT2D eigenvalue weighted by molar-refractivity contribution is -0.115. The Bertz CT molecular complexity index is 1440. The first-order chi connectivity index (χ1) is 16.2. The molecule has 0 bridgehead atoms. The number of fused-ring (bicyclic) bond motifs is 2. The van der Waals surface area contributed by atoms with Crippen molar-refractivity contribution in [1.82, 2.24) is 0 Å². The molecule has 4 rings (SSSR count). The van der Waals surface area contributed by atoms with E-state index in [1.165, 1.54) is 18.2 Å². The molecule has 34 heavy (non-hydrogen) atoms. The molecule has 1 aliphatic heterocycles. The minimum atomic E-state index is -4.13. The molecule has 3 aromatic carbocycles. The van der Waals surface area contributed by atoms with Gasteiger partial charge in [-0.3, -0.25) is 9.36 Å². The van der Waals surface area contributed by atoms with Crippen LogP contribution in [-0.4, -0.2) is 33.2 Å². The number of rotatable bonds is 8. The second kappa shape index (κ2) is 9.64. The molecule has 0 saturated carbocycles. The fourth-order valence-corrected chi connectivity index (χ4v) is 7.70. The first-order valence-electron chi connectivity index (χ1n) is 10.6. The van der Waals surface area contributed by atoms with Crippen LogP contribution in [0, 0.1) is 0 Å². The first-order valence-corrected chi connectivity index (χ1v) is 14.2. The SMILES string of the molecule is CCOP(=O)(OCC)C(C(=O)Nc1ccc2ccccc2c1)C1=CS(=O)(=O)c2ccc(Cl)cc21. The third-order valence-corrected chi connectivity index (χ3v) is 9.49. The molecule has 7 nitrogen and oxygen atoms in total. The Labute approximate surface area is 203 Å². The van der Waals surface area contributed by atoms with Crippen molar-refractivity contribution in [3.63, 3.8) is 0 Å². The Balaban J connectivity index is 1.83. The van der Waals surface area contributed by atoms with Crippen molar-refractivity contribution in [2.75, 3.05) is 18.5 Å². The molecule has 0 spiro atoms. The van der Waals surface area contributed by atoms with Crippen LogP contribution in [0.1, 0.15) is 19.4 Å². The van der Waals surface area contributed by atoms with E-state index in [-0.39, 0.29) is 34.3 Å². The van der Waals surface area contributed by atoms with Gasteiger partial charge in [-0.05, 0) is 60.5 Å². The summed E-state index contributed by atoms with van der Waals surface area (Å²) in [4.78, 5) is 13.6. The topological polar surface area (TPSA) is 98.8 Å². The largest absolute Gasteiger partial charge is 0.347 e. The number of carbonyl (C=O) groups is 1. The van der Waals surface area contributed by atoms with Gasteiger partial charge in [-0.2, -0.15) is 0 Å². The Morgan fingerprint density at radius 1 is 1.00 bits per heavy atom. The highest BCUT2D eigenvalue weighted by Gasteiger charge is 2.47. The van der Waals surface area contributed by atoms with Crippen molar-refractivity contribution in [1.29, 1.82) is 0 Å².